The summed E-state index contributed by atoms with van der Waals surface area (Å²) in [5.74, 6) is 0. The molecule has 306 valence electrons. The molecule has 0 spiro atoms. The molecule has 3 nitrogen and oxygen atoms in total. The number of anilines is 2. The molecule has 2 aliphatic rings. The van der Waals surface area contributed by atoms with Crippen molar-refractivity contribution in [2.75, 3.05) is 5.32 Å². The predicted molar refractivity (Wildman–Crippen MR) is 270 cm³/mol. The van der Waals surface area contributed by atoms with Crippen LogP contribution in [0.25, 0.3) is 82.8 Å². The molecule has 0 fully saturated rings. The van der Waals surface area contributed by atoms with Crippen molar-refractivity contribution < 1.29 is 4.42 Å². The molecule has 10 aromatic rings. The number of nitrogens with zero attached hydrogens (tertiary/aromatic N) is 1. The second kappa shape index (κ2) is 13.1. The molecule has 0 amide bonds. The van der Waals surface area contributed by atoms with Gasteiger partial charge in [-0.05, 0) is 127 Å². The molecule has 3 heterocycles. The summed E-state index contributed by atoms with van der Waals surface area (Å²) < 4.78 is 9.16. The molecule has 8 aromatic carbocycles. The third kappa shape index (κ3) is 5.66. The molecule has 63 heavy (non-hydrogen) atoms. The molecule has 0 saturated carbocycles. The SMILES string of the molecule is CC(C)(C)c1ccc(Nc2ccccc2-c2cc(-c3ccc4c(c3)C(C)(C)c3ccccc3-4)c3c4cc(C(C)(C)C)ccc4n4c3c2Bc2cc3oc5ccccc5c3cc2-4)cc1. The summed E-state index contributed by atoms with van der Waals surface area (Å²) >= 11 is 0. The Hall–Kier alpha value is -6.78. The lowest BCUT2D eigenvalue weighted by molar-refractivity contribution is 0.590. The van der Waals surface area contributed by atoms with Crippen LogP contribution in [0.15, 0.2) is 156 Å². The molecule has 0 bridgehead atoms. The first-order valence-corrected chi connectivity index (χ1v) is 22.5. The minimum Gasteiger partial charge on any atom is -0.456 e. The first-order chi connectivity index (χ1) is 30.2. The maximum absolute atomic E-state index is 6.57. The Morgan fingerprint density at radius 3 is 2.03 bits per heavy atom. The number of aromatic nitrogens is 1. The van der Waals surface area contributed by atoms with Crippen LogP contribution in [0, 0.1) is 0 Å². The Morgan fingerprint density at radius 2 is 1.24 bits per heavy atom. The fraction of sp³-hybridized carbons (Fsp3) is 0.186. The second-order valence-corrected chi connectivity index (χ2v) is 20.7. The molecule has 0 radical (unpaired) electrons. The normalized spacial score (nSPS) is 14.0. The van der Waals surface area contributed by atoms with Crippen LogP contribution in [0.3, 0.4) is 0 Å². The largest absolute Gasteiger partial charge is 0.456 e. The molecular formula is C59H51BN2O. The van der Waals surface area contributed by atoms with E-state index in [0.29, 0.717) is 0 Å². The molecule has 4 heteroatoms. The smallest absolute Gasteiger partial charge is 0.198 e. The van der Waals surface area contributed by atoms with Gasteiger partial charge in [-0.1, -0.05) is 152 Å². The molecule has 0 saturated heterocycles. The van der Waals surface area contributed by atoms with Gasteiger partial charge >= 0.3 is 0 Å². The molecule has 2 aromatic heterocycles. The molecule has 1 aliphatic carbocycles. The van der Waals surface area contributed by atoms with Gasteiger partial charge in [-0.3, -0.25) is 0 Å². The minimum atomic E-state index is -0.126. The van der Waals surface area contributed by atoms with Gasteiger partial charge in [-0.25, -0.2) is 0 Å². The van der Waals surface area contributed by atoms with Gasteiger partial charge in [0.2, 0.25) is 0 Å². The number of furan rings is 1. The van der Waals surface area contributed by atoms with Crippen LogP contribution < -0.4 is 16.2 Å². The van der Waals surface area contributed by atoms with Crippen LogP contribution in [0.2, 0.25) is 0 Å². The standard InChI is InChI=1S/C59H51BN2O/c1-57(2,3)35-22-25-37(26-23-35)61-49-19-13-10-16-40(49)44-31-42(34-21-27-39-38-15-9-12-18-46(38)59(7,8)47(39)29-34)54-45-30-36(58(4,5)6)24-28-50(45)62-51-32-43-41-17-11-14-20-52(41)63-53(43)33-48(51)60-55(44)56(54)62/h9-33,60-61H,1-8H3. The van der Waals surface area contributed by atoms with Crippen molar-refractivity contribution in [2.24, 2.45) is 0 Å². The monoisotopic (exact) mass is 814 g/mol. The lowest BCUT2D eigenvalue weighted by atomic mass is 9.58. The van der Waals surface area contributed by atoms with Gasteiger partial charge in [0.1, 0.15) is 11.2 Å². The molecule has 0 atom stereocenters. The molecule has 12 rings (SSSR count). The number of hydrogen-bond acceptors (Lipinski definition) is 2. The van der Waals surface area contributed by atoms with E-state index in [-0.39, 0.29) is 16.2 Å². The van der Waals surface area contributed by atoms with Crippen molar-refractivity contribution in [1.82, 2.24) is 4.57 Å². The van der Waals surface area contributed by atoms with E-state index in [2.05, 4.69) is 217 Å². The second-order valence-electron chi connectivity index (χ2n) is 20.7. The van der Waals surface area contributed by atoms with E-state index in [4.69, 9.17) is 4.42 Å². The average molecular weight is 815 g/mol. The van der Waals surface area contributed by atoms with Crippen LogP contribution >= 0.6 is 0 Å². The van der Waals surface area contributed by atoms with Crippen LogP contribution in [-0.2, 0) is 16.2 Å². The van der Waals surface area contributed by atoms with Crippen molar-refractivity contribution in [1.29, 1.82) is 0 Å². The Bertz CT molecular complexity index is 3550. The average Bonchev–Trinajstić information content (AvgIpc) is 3.88. The predicted octanol–water partition coefficient (Wildman–Crippen LogP) is 14.4. The zero-order valence-electron chi connectivity index (χ0n) is 37.5. The van der Waals surface area contributed by atoms with Gasteiger partial charge < -0.3 is 14.3 Å². The van der Waals surface area contributed by atoms with E-state index < -0.39 is 0 Å². The zero-order chi connectivity index (χ0) is 43.2. The van der Waals surface area contributed by atoms with Gasteiger partial charge in [-0.15, -0.1) is 0 Å². The highest BCUT2D eigenvalue weighted by atomic mass is 16.3. The molecule has 1 aliphatic heterocycles. The fourth-order valence-electron chi connectivity index (χ4n) is 10.9. The number of nitrogens with one attached hydrogen (secondary N) is 1. The molecule has 0 unspecified atom stereocenters. The highest BCUT2D eigenvalue weighted by Crippen LogP contribution is 2.51. The van der Waals surface area contributed by atoms with E-state index >= 15 is 0 Å². The number of rotatable bonds is 4. The van der Waals surface area contributed by atoms with Gasteiger partial charge in [0.25, 0.3) is 0 Å². The van der Waals surface area contributed by atoms with E-state index in [1.165, 1.54) is 94.1 Å². The number of hydrogen-bond donors (Lipinski definition) is 1. The molecule has 1 N–H and O–H groups in total. The summed E-state index contributed by atoms with van der Waals surface area (Å²) in [6.45, 7) is 18.6. The number of fused-ring (bicyclic) bond motifs is 11. The summed E-state index contributed by atoms with van der Waals surface area (Å²) in [6.07, 6.45) is 0. The minimum absolute atomic E-state index is 0.0232. The van der Waals surface area contributed by atoms with E-state index in [9.17, 15) is 0 Å². The Balaban J connectivity index is 1.18. The van der Waals surface area contributed by atoms with Crippen molar-refractivity contribution >= 4 is 73.3 Å². The third-order valence-electron chi connectivity index (χ3n) is 14.3. The van der Waals surface area contributed by atoms with E-state index in [1.807, 2.05) is 0 Å². The Labute approximate surface area is 370 Å². The van der Waals surface area contributed by atoms with Crippen LogP contribution in [0.1, 0.15) is 77.6 Å². The summed E-state index contributed by atoms with van der Waals surface area (Å²) in [4.78, 5) is 0. The van der Waals surface area contributed by atoms with Crippen molar-refractivity contribution in [3.8, 4) is 39.1 Å². The summed E-state index contributed by atoms with van der Waals surface area (Å²) in [5, 5.41) is 8.79. The lowest BCUT2D eigenvalue weighted by Gasteiger charge is -2.25. The van der Waals surface area contributed by atoms with E-state index in [1.54, 1.807) is 0 Å². The van der Waals surface area contributed by atoms with Gasteiger partial charge in [0.05, 0.1) is 5.52 Å². The summed E-state index contributed by atoms with van der Waals surface area (Å²) in [5.41, 5.74) is 23.3. The maximum Gasteiger partial charge on any atom is 0.198 e. The van der Waals surface area contributed by atoms with Crippen molar-refractivity contribution in [3.63, 3.8) is 0 Å². The van der Waals surface area contributed by atoms with Crippen LogP contribution in [0.4, 0.5) is 11.4 Å². The summed E-state index contributed by atoms with van der Waals surface area (Å²) in [7, 11) is 0.776. The maximum atomic E-state index is 6.57. The van der Waals surface area contributed by atoms with Gasteiger partial charge in [-0.2, -0.15) is 0 Å². The first kappa shape index (κ1) is 37.9. The van der Waals surface area contributed by atoms with E-state index in [0.717, 1.165) is 40.6 Å². The third-order valence-corrected chi connectivity index (χ3v) is 14.3. The van der Waals surface area contributed by atoms with Crippen molar-refractivity contribution in [2.45, 2.75) is 71.6 Å². The van der Waals surface area contributed by atoms with Gasteiger partial charge in [0, 0.05) is 55.1 Å². The van der Waals surface area contributed by atoms with Crippen LogP contribution in [0.5, 0.6) is 0 Å². The highest BCUT2D eigenvalue weighted by Gasteiger charge is 2.36. The van der Waals surface area contributed by atoms with Crippen molar-refractivity contribution in [3.05, 3.63) is 174 Å². The summed E-state index contributed by atoms with van der Waals surface area (Å²) in [6, 6.07) is 57.0. The first-order valence-electron chi connectivity index (χ1n) is 22.5. The Kier molecular flexibility index (Phi) is 7.91. The van der Waals surface area contributed by atoms with Gasteiger partial charge in [0.15, 0.2) is 7.28 Å². The number of benzene rings is 8. The number of para-hydroxylation sites is 2. The highest BCUT2D eigenvalue weighted by molar-refractivity contribution is 6.74. The lowest BCUT2D eigenvalue weighted by Crippen LogP contribution is -2.37. The zero-order valence-corrected chi connectivity index (χ0v) is 37.5. The molecular weight excluding hydrogens is 763 g/mol. The van der Waals surface area contributed by atoms with Crippen LogP contribution in [-0.4, -0.2) is 11.8 Å². The topological polar surface area (TPSA) is 30.1 Å². The fourth-order valence-corrected chi connectivity index (χ4v) is 10.9. The Morgan fingerprint density at radius 1 is 0.540 bits per heavy atom. The quantitative estimate of drug-likeness (QED) is 0.179.